The molecule has 1 aromatic carbocycles. The Hall–Kier alpha value is -2.04. The highest BCUT2D eigenvalue weighted by Gasteiger charge is 2.30. The molecule has 0 unspecified atom stereocenters. The SMILES string of the molecule is Cc1ccc(C=Nc2cccc(C(F)(F)F)c2)o1. The molecule has 1 heterocycles. The van der Waals surface area contributed by atoms with Crippen LogP contribution in [0.4, 0.5) is 18.9 Å². The molecule has 0 aliphatic heterocycles. The Morgan fingerprint density at radius 2 is 1.94 bits per heavy atom. The zero-order valence-corrected chi connectivity index (χ0v) is 9.53. The molecule has 0 aliphatic rings. The van der Waals surface area contributed by atoms with Crippen LogP contribution in [-0.4, -0.2) is 6.21 Å². The van der Waals surface area contributed by atoms with Gasteiger partial charge in [0, 0.05) is 0 Å². The van der Waals surface area contributed by atoms with Crippen molar-refractivity contribution in [2.24, 2.45) is 4.99 Å². The zero-order valence-electron chi connectivity index (χ0n) is 9.53. The van der Waals surface area contributed by atoms with E-state index in [1.165, 1.54) is 18.3 Å². The van der Waals surface area contributed by atoms with E-state index in [-0.39, 0.29) is 5.69 Å². The summed E-state index contributed by atoms with van der Waals surface area (Å²) in [6.45, 7) is 1.78. The van der Waals surface area contributed by atoms with E-state index >= 15 is 0 Å². The second kappa shape index (κ2) is 4.68. The average molecular weight is 253 g/mol. The van der Waals surface area contributed by atoms with Crippen LogP contribution in [0.2, 0.25) is 0 Å². The van der Waals surface area contributed by atoms with Crippen molar-refractivity contribution < 1.29 is 17.6 Å². The first-order valence-electron chi connectivity index (χ1n) is 5.23. The fourth-order valence-electron chi connectivity index (χ4n) is 1.42. The molecule has 1 aromatic heterocycles. The molecular weight excluding hydrogens is 243 g/mol. The summed E-state index contributed by atoms with van der Waals surface area (Å²) in [6.07, 6.45) is -2.96. The Balaban J connectivity index is 2.22. The van der Waals surface area contributed by atoms with Crippen molar-refractivity contribution in [3.63, 3.8) is 0 Å². The molecule has 0 amide bonds. The largest absolute Gasteiger partial charge is 0.460 e. The maximum absolute atomic E-state index is 12.5. The molecule has 0 bridgehead atoms. The second-order valence-electron chi connectivity index (χ2n) is 3.75. The van der Waals surface area contributed by atoms with E-state index in [4.69, 9.17) is 4.42 Å². The highest BCUT2D eigenvalue weighted by atomic mass is 19.4. The summed E-state index contributed by atoms with van der Waals surface area (Å²) in [7, 11) is 0. The summed E-state index contributed by atoms with van der Waals surface area (Å²) in [5.74, 6) is 1.23. The van der Waals surface area contributed by atoms with Gasteiger partial charge in [-0.15, -0.1) is 0 Å². The summed E-state index contributed by atoms with van der Waals surface area (Å²) < 4.78 is 42.6. The van der Waals surface area contributed by atoms with Gasteiger partial charge in [0.2, 0.25) is 0 Å². The van der Waals surface area contributed by atoms with Crippen molar-refractivity contribution in [3.8, 4) is 0 Å². The Labute approximate surface area is 102 Å². The van der Waals surface area contributed by atoms with Gasteiger partial charge in [-0.3, -0.25) is 4.99 Å². The number of furan rings is 1. The molecule has 0 aliphatic carbocycles. The smallest absolute Gasteiger partial charge is 0.416 e. The van der Waals surface area contributed by atoms with Crippen LogP contribution in [-0.2, 0) is 6.18 Å². The van der Waals surface area contributed by atoms with Crippen LogP contribution in [0.3, 0.4) is 0 Å². The number of hydrogen-bond donors (Lipinski definition) is 0. The lowest BCUT2D eigenvalue weighted by Gasteiger charge is -2.06. The van der Waals surface area contributed by atoms with E-state index in [1.54, 1.807) is 19.1 Å². The van der Waals surface area contributed by atoms with E-state index in [2.05, 4.69) is 4.99 Å². The van der Waals surface area contributed by atoms with Crippen molar-refractivity contribution >= 4 is 11.9 Å². The zero-order chi connectivity index (χ0) is 13.2. The topological polar surface area (TPSA) is 25.5 Å². The van der Waals surface area contributed by atoms with Crippen molar-refractivity contribution in [1.29, 1.82) is 0 Å². The van der Waals surface area contributed by atoms with Gasteiger partial charge in [0.1, 0.15) is 11.5 Å². The Morgan fingerprint density at radius 1 is 1.17 bits per heavy atom. The van der Waals surface area contributed by atoms with Gasteiger partial charge in [0.05, 0.1) is 17.5 Å². The summed E-state index contributed by atoms with van der Waals surface area (Å²) in [5.41, 5.74) is -0.480. The predicted octanol–water partition coefficient (Wildman–Crippen LogP) is 4.36. The number of nitrogens with zero attached hydrogens (tertiary/aromatic N) is 1. The van der Waals surface area contributed by atoms with Gasteiger partial charge in [-0.25, -0.2) is 0 Å². The Morgan fingerprint density at radius 3 is 2.56 bits per heavy atom. The lowest BCUT2D eigenvalue weighted by molar-refractivity contribution is -0.137. The third kappa shape index (κ3) is 3.00. The van der Waals surface area contributed by atoms with Crippen LogP contribution in [0.5, 0.6) is 0 Å². The molecule has 0 saturated carbocycles. The van der Waals surface area contributed by atoms with Crippen molar-refractivity contribution in [3.05, 3.63) is 53.5 Å². The third-order valence-electron chi connectivity index (χ3n) is 2.28. The Bertz CT molecular complexity index is 570. The first kappa shape index (κ1) is 12.4. The molecule has 0 fully saturated rings. The lowest BCUT2D eigenvalue weighted by atomic mass is 10.2. The monoisotopic (exact) mass is 253 g/mol. The number of rotatable bonds is 2. The molecule has 18 heavy (non-hydrogen) atoms. The van der Waals surface area contributed by atoms with Crippen LogP contribution in [0.15, 0.2) is 45.8 Å². The summed E-state index contributed by atoms with van der Waals surface area (Å²) >= 11 is 0. The molecule has 5 heteroatoms. The van der Waals surface area contributed by atoms with Crippen LogP contribution >= 0.6 is 0 Å². The second-order valence-corrected chi connectivity index (χ2v) is 3.75. The first-order valence-corrected chi connectivity index (χ1v) is 5.23. The highest BCUT2D eigenvalue weighted by molar-refractivity contribution is 5.78. The predicted molar refractivity (Wildman–Crippen MR) is 62.1 cm³/mol. The normalized spacial score (nSPS) is 12.2. The van der Waals surface area contributed by atoms with Crippen LogP contribution in [0, 0.1) is 6.92 Å². The minimum absolute atomic E-state index is 0.235. The lowest BCUT2D eigenvalue weighted by Crippen LogP contribution is -2.03. The molecule has 2 nitrogen and oxygen atoms in total. The summed E-state index contributed by atoms with van der Waals surface area (Å²) in [6, 6.07) is 8.28. The quantitative estimate of drug-likeness (QED) is 0.730. The number of benzene rings is 1. The maximum atomic E-state index is 12.5. The summed E-state index contributed by atoms with van der Waals surface area (Å²) in [5, 5.41) is 0. The van der Waals surface area contributed by atoms with Gasteiger partial charge in [0.15, 0.2) is 0 Å². The third-order valence-corrected chi connectivity index (χ3v) is 2.28. The van der Waals surface area contributed by atoms with Crippen molar-refractivity contribution in [2.75, 3.05) is 0 Å². The molecule has 0 N–H and O–H groups in total. The average Bonchev–Trinajstić information content (AvgIpc) is 2.72. The van der Waals surface area contributed by atoms with E-state index in [1.807, 2.05) is 0 Å². The van der Waals surface area contributed by atoms with Gasteiger partial charge >= 0.3 is 6.18 Å². The van der Waals surface area contributed by atoms with Gasteiger partial charge in [-0.1, -0.05) is 6.07 Å². The van der Waals surface area contributed by atoms with Gasteiger partial charge in [-0.05, 0) is 37.3 Å². The molecular formula is C13H10F3NO. The van der Waals surface area contributed by atoms with Gasteiger partial charge in [-0.2, -0.15) is 13.2 Å². The number of alkyl halides is 3. The molecule has 94 valence electrons. The minimum Gasteiger partial charge on any atom is -0.460 e. The minimum atomic E-state index is -4.35. The maximum Gasteiger partial charge on any atom is 0.416 e. The molecule has 2 rings (SSSR count). The number of aryl methyl sites for hydroxylation is 1. The number of hydrogen-bond acceptors (Lipinski definition) is 2. The van der Waals surface area contributed by atoms with Crippen molar-refractivity contribution in [2.45, 2.75) is 13.1 Å². The van der Waals surface area contributed by atoms with Crippen LogP contribution < -0.4 is 0 Å². The van der Waals surface area contributed by atoms with Crippen LogP contribution in [0.25, 0.3) is 0 Å². The molecule has 0 radical (unpaired) electrons. The van der Waals surface area contributed by atoms with Gasteiger partial charge < -0.3 is 4.42 Å². The fourth-order valence-corrected chi connectivity index (χ4v) is 1.42. The van der Waals surface area contributed by atoms with Crippen LogP contribution in [0.1, 0.15) is 17.1 Å². The number of halogens is 3. The molecule has 2 aromatic rings. The van der Waals surface area contributed by atoms with E-state index in [0.717, 1.165) is 17.9 Å². The highest BCUT2D eigenvalue weighted by Crippen LogP contribution is 2.31. The fraction of sp³-hybridized carbons (Fsp3) is 0.154. The molecule has 0 spiro atoms. The Kier molecular flexibility index (Phi) is 3.23. The van der Waals surface area contributed by atoms with E-state index < -0.39 is 11.7 Å². The number of aliphatic imine (C=N–C) groups is 1. The van der Waals surface area contributed by atoms with E-state index in [0.29, 0.717) is 5.76 Å². The van der Waals surface area contributed by atoms with Gasteiger partial charge in [0.25, 0.3) is 0 Å². The molecule has 0 saturated heterocycles. The summed E-state index contributed by atoms with van der Waals surface area (Å²) in [4.78, 5) is 3.95. The first-order chi connectivity index (χ1) is 8.45. The van der Waals surface area contributed by atoms with Crippen molar-refractivity contribution in [1.82, 2.24) is 0 Å². The van der Waals surface area contributed by atoms with E-state index in [9.17, 15) is 13.2 Å². The standard InChI is InChI=1S/C13H10F3NO/c1-9-5-6-12(18-9)8-17-11-4-2-3-10(7-11)13(14,15)16/h2-8H,1H3. The molecule has 0 atom stereocenters.